The van der Waals surface area contributed by atoms with Crippen LogP contribution in [0.1, 0.15) is 6.42 Å². The first kappa shape index (κ1) is 13.5. The maximum atomic E-state index is 8.96. The van der Waals surface area contributed by atoms with Gasteiger partial charge in [-0.05, 0) is 28.9 Å². The van der Waals surface area contributed by atoms with Gasteiger partial charge in [-0.3, -0.25) is 4.90 Å². The summed E-state index contributed by atoms with van der Waals surface area (Å²) in [7, 11) is 0. The first-order chi connectivity index (χ1) is 8.69. The molecule has 0 spiro atoms. The number of nitrogens with zero attached hydrogens (tertiary/aromatic N) is 4. The Morgan fingerprint density at radius 1 is 1.28 bits per heavy atom. The molecule has 0 saturated carbocycles. The maximum Gasteiger partial charge on any atom is 0.228 e. The predicted molar refractivity (Wildman–Crippen MR) is 74.5 cm³/mol. The predicted octanol–water partition coefficient (Wildman–Crippen LogP) is 0.326. The summed E-state index contributed by atoms with van der Waals surface area (Å²) in [4.78, 5) is 13.0. The van der Waals surface area contributed by atoms with E-state index in [0.717, 1.165) is 39.1 Å². The van der Waals surface area contributed by atoms with Crippen molar-refractivity contribution in [2.75, 3.05) is 50.0 Å². The number of rotatable bonds is 3. The number of aromatic nitrogens is 2. The molecule has 1 aromatic rings. The van der Waals surface area contributed by atoms with Crippen molar-refractivity contribution in [2.45, 2.75) is 6.42 Å². The van der Waals surface area contributed by atoms with Crippen LogP contribution in [0.3, 0.4) is 0 Å². The van der Waals surface area contributed by atoms with E-state index in [4.69, 9.17) is 10.8 Å². The molecule has 0 aromatic carbocycles. The number of β-amino-alcohol motifs (C(OH)–C–C–N with tert-alkyl or cyclic N) is 1. The standard InChI is InChI=1S/C11H18BrN5O/c12-9-8-10(13)15-11(14-9)17-3-1-2-16(4-5-17)6-7-18/h8,18H,1-7H2,(H2,13,14,15). The fraction of sp³-hybridized carbons (Fsp3) is 0.636. The highest BCUT2D eigenvalue weighted by Gasteiger charge is 2.17. The maximum absolute atomic E-state index is 8.96. The zero-order chi connectivity index (χ0) is 13.0. The molecule has 7 heteroatoms. The molecule has 1 aliphatic rings. The normalized spacial score (nSPS) is 17.8. The first-order valence-corrected chi connectivity index (χ1v) is 6.86. The van der Waals surface area contributed by atoms with E-state index < -0.39 is 0 Å². The lowest BCUT2D eigenvalue weighted by Gasteiger charge is -2.21. The Kier molecular flexibility index (Phi) is 4.73. The Morgan fingerprint density at radius 3 is 2.83 bits per heavy atom. The largest absolute Gasteiger partial charge is 0.395 e. The number of halogens is 1. The molecule has 0 amide bonds. The minimum absolute atomic E-state index is 0.209. The lowest BCUT2D eigenvalue weighted by atomic mass is 10.4. The molecule has 100 valence electrons. The van der Waals surface area contributed by atoms with Gasteiger partial charge >= 0.3 is 0 Å². The molecule has 1 aliphatic heterocycles. The summed E-state index contributed by atoms with van der Waals surface area (Å²) in [6.07, 6.45) is 1.04. The zero-order valence-corrected chi connectivity index (χ0v) is 11.8. The van der Waals surface area contributed by atoms with Gasteiger partial charge < -0.3 is 15.7 Å². The summed E-state index contributed by atoms with van der Waals surface area (Å²) < 4.78 is 0.710. The fourth-order valence-electron chi connectivity index (χ4n) is 2.10. The molecular weight excluding hydrogens is 298 g/mol. The number of hydrogen-bond donors (Lipinski definition) is 2. The topological polar surface area (TPSA) is 78.5 Å². The molecule has 0 unspecified atom stereocenters. The van der Waals surface area contributed by atoms with Gasteiger partial charge in [-0.2, -0.15) is 4.98 Å². The molecule has 0 aliphatic carbocycles. The van der Waals surface area contributed by atoms with Crippen molar-refractivity contribution in [1.29, 1.82) is 0 Å². The van der Waals surface area contributed by atoms with Crippen LogP contribution in [0.4, 0.5) is 11.8 Å². The van der Waals surface area contributed by atoms with Gasteiger partial charge in [0.05, 0.1) is 6.61 Å². The third kappa shape index (κ3) is 3.54. The highest BCUT2D eigenvalue weighted by Crippen LogP contribution is 2.17. The van der Waals surface area contributed by atoms with Crippen LogP contribution < -0.4 is 10.6 Å². The van der Waals surface area contributed by atoms with Gasteiger partial charge in [0.2, 0.25) is 5.95 Å². The molecule has 1 aromatic heterocycles. The molecule has 18 heavy (non-hydrogen) atoms. The molecule has 6 nitrogen and oxygen atoms in total. The second-order valence-electron chi connectivity index (χ2n) is 4.32. The average Bonchev–Trinajstić information content (AvgIpc) is 2.54. The Balaban J connectivity index is 2.05. The molecular formula is C11H18BrN5O. The Morgan fingerprint density at radius 2 is 2.11 bits per heavy atom. The molecule has 2 heterocycles. The number of hydrogen-bond acceptors (Lipinski definition) is 6. The van der Waals surface area contributed by atoms with E-state index >= 15 is 0 Å². The van der Waals surface area contributed by atoms with Crippen LogP contribution in [0, 0.1) is 0 Å². The van der Waals surface area contributed by atoms with Crippen molar-refractivity contribution in [3.63, 3.8) is 0 Å². The minimum atomic E-state index is 0.209. The molecule has 0 atom stereocenters. The summed E-state index contributed by atoms with van der Waals surface area (Å²) in [6, 6.07) is 1.69. The van der Waals surface area contributed by atoms with E-state index in [9.17, 15) is 0 Å². The molecule has 1 saturated heterocycles. The van der Waals surface area contributed by atoms with Crippen molar-refractivity contribution in [3.8, 4) is 0 Å². The average molecular weight is 316 g/mol. The van der Waals surface area contributed by atoms with Gasteiger partial charge in [0.15, 0.2) is 0 Å². The van der Waals surface area contributed by atoms with E-state index in [2.05, 4.69) is 35.7 Å². The zero-order valence-electron chi connectivity index (χ0n) is 10.2. The Labute approximate surface area is 115 Å². The summed E-state index contributed by atoms with van der Waals surface area (Å²) in [5.41, 5.74) is 5.73. The van der Waals surface area contributed by atoms with Crippen LogP contribution in [0.25, 0.3) is 0 Å². The van der Waals surface area contributed by atoms with Crippen molar-refractivity contribution < 1.29 is 5.11 Å². The van der Waals surface area contributed by atoms with Crippen molar-refractivity contribution in [1.82, 2.24) is 14.9 Å². The van der Waals surface area contributed by atoms with Crippen LogP contribution in [0.5, 0.6) is 0 Å². The second-order valence-corrected chi connectivity index (χ2v) is 5.13. The van der Waals surface area contributed by atoms with Crippen molar-refractivity contribution in [2.24, 2.45) is 0 Å². The second kappa shape index (κ2) is 6.31. The van der Waals surface area contributed by atoms with Gasteiger partial charge in [-0.1, -0.05) is 0 Å². The summed E-state index contributed by atoms with van der Waals surface area (Å²) in [5, 5.41) is 8.96. The van der Waals surface area contributed by atoms with Crippen LogP contribution in [0.15, 0.2) is 10.7 Å². The quantitative estimate of drug-likeness (QED) is 0.782. The SMILES string of the molecule is Nc1cc(Br)nc(N2CCCN(CCO)CC2)n1. The van der Waals surface area contributed by atoms with Gasteiger partial charge in [-0.25, -0.2) is 4.98 Å². The Bertz CT molecular complexity index is 383. The summed E-state index contributed by atoms with van der Waals surface area (Å²) in [5.74, 6) is 1.15. The first-order valence-electron chi connectivity index (χ1n) is 6.07. The number of anilines is 2. The summed E-state index contributed by atoms with van der Waals surface area (Å²) >= 11 is 3.33. The van der Waals surface area contributed by atoms with Gasteiger partial charge in [0.25, 0.3) is 0 Å². The minimum Gasteiger partial charge on any atom is -0.395 e. The van der Waals surface area contributed by atoms with Gasteiger partial charge in [0.1, 0.15) is 10.4 Å². The van der Waals surface area contributed by atoms with Crippen LogP contribution in [-0.4, -0.2) is 59.3 Å². The summed E-state index contributed by atoms with van der Waals surface area (Å²) in [6.45, 7) is 4.63. The van der Waals surface area contributed by atoms with Crippen molar-refractivity contribution >= 4 is 27.7 Å². The van der Waals surface area contributed by atoms with E-state index in [-0.39, 0.29) is 6.61 Å². The monoisotopic (exact) mass is 315 g/mol. The van der Waals surface area contributed by atoms with E-state index in [0.29, 0.717) is 16.4 Å². The lowest BCUT2D eigenvalue weighted by molar-refractivity contribution is 0.204. The Hall–Kier alpha value is -0.920. The molecule has 2 rings (SSSR count). The smallest absolute Gasteiger partial charge is 0.228 e. The van der Waals surface area contributed by atoms with E-state index in [1.54, 1.807) is 6.07 Å². The number of nitrogen functional groups attached to an aromatic ring is 1. The van der Waals surface area contributed by atoms with Crippen molar-refractivity contribution in [3.05, 3.63) is 10.7 Å². The fourth-order valence-corrected chi connectivity index (χ4v) is 2.49. The molecule has 0 radical (unpaired) electrons. The van der Waals surface area contributed by atoms with Gasteiger partial charge in [0, 0.05) is 32.2 Å². The number of nitrogens with two attached hydrogens (primary N) is 1. The highest BCUT2D eigenvalue weighted by atomic mass is 79.9. The van der Waals surface area contributed by atoms with E-state index in [1.807, 2.05) is 0 Å². The third-order valence-electron chi connectivity index (χ3n) is 2.99. The molecule has 1 fully saturated rings. The van der Waals surface area contributed by atoms with Gasteiger partial charge in [-0.15, -0.1) is 0 Å². The number of aliphatic hydroxyl groups is 1. The lowest BCUT2D eigenvalue weighted by Crippen LogP contribution is -2.33. The third-order valence-corrected chi connectivity index (χ3v) is 3.40. The van der Waals surface area contributed by atoms with Crippen LogP contribution in [-0.2, 0) is 0 Å². The van der Waals surface area contributed by atoms with Crippen LogP contribution >= 0.6 is 15.9 Å². The van der Waals surface area contributed by atoms with Crippen LogP contribution in [0.2, 0.25) is 0 Å². The van der Waals surface area contributed by atoms with E-state index in [1.165, 1.54) is 0 Å². The molecule has 3 N–H and O–H groups in total. The number of aliphatic hydroxyl groups excluding tert-OH is 1. The highest BCUT2D eigenvalue weighted by molar-refractivity contribution is 9.10. The molecule has 0 bridgehead atoms.